The number of ether oxygens (including phenoxy) is 1. The van der Waals surface area contributed by atoms with Gasteiger partial charge in [-0.25, -0.2) is 4.21 Å². The molecule has 0 saturated carbocycles. The molecule has 1 atom stereocenters. The van der Waals surface area contributed by atoms with E-state index >= 15 is 0 Å². The zero-order valence-electron chi connectivity index (χ0n) is 17.9. The normalized spacial score (nSPS) is 12.2. The van der Waals surface area contributed by atoms with E-state index in [0.29, 0.717) is 4.90 Å². The lowest BCUT2D eigenvalue weighted by Crippen LogP contribution is -1.99. The Morgan fingerprint density at radius 3 is 2.12 bits per heavy atom. The first-order valence-electron chi connectivity index (χ1n) is 10.4. The number of hydrogen-bond donors (Lipinski definition) is 0. The van der Waals surface area contributed by atoms with E-state index in [0.717, 1.165) is 49.5 Å². The second-order valence-electron chi connectivity index (χ2n) is 7.51. The van der Waals surface area contributed by atoms with Crippen molar-refractivity contribution < 1.29 is 13.1 Å². The molecule has 0 aliphatic rings. The fourth-order valence-corrected chi connectivity index (χ4v) is 5.02. The summed E-state index contributed by atoms with van der Waals surface area (Å²) in [6, 6.07) is 32.8. The Labute approximate surface area is 189 Å². The van der Waals surface area contributed by atoms with Crippen LogP contribution in [0.5, 0.6) is 5.75 Å². The third-order valence-corrected chi connectivity index (χ3v) is 6.78. The fourth-order valence-electron chi connectivity index (χ4n) is 4.29. The molecule has 32 heavy (non-hydrogen) atoms. The van der Waals surface area contributed by atoms with Gasteiger partial charge < -0.3 is 4.74 Å². The van der Waals surface area contributed by atoms with Crippen molar-refractivity contribution in [3.63, 3.8) is 0 Å². The minimum Gasteiger partial charge on any atom is -0.496 e. The second-order valence-corrected chi connectivity index (χ2v) is 8.75. The lowest BCUT2D eigenvalue weighted by atomic mass is 9.91. The SMILES string of the molecule is COc1ccc2cc(-c3ccccc3)ccc2c1-c1c(S(=O)OC)ccc2ccccc12. The molecular formula is C28H22O3S. The molecule has 0 N–H and O–H groups in total. The lowest BCUT2D eigenvalue weighted by Gasteiger charge is -2.18. The molecule has 0 spiro atoms. The van der Waals surface area contributed by atoms with Crippen molar-refractivity contribution >= 4 is 32.6 Å². The van der Waals surface area contributed by atoms with Crippen molar-refractivity contribution in [1.29, 1.82) is 0 Å². The van der Waals surface area contributed by atoms with Crippen LogP contribution in [-0.2, 0) is 15.3 Å². The van der Waals surface area contributed by atoms with Gasteiger partial charge in [0.15, 0.2) is 11.1 Å². The molecule has 0 fully saturated rings. The van der Waals surface area contributed by atoms with Crippen molar-refractivity contribution in [3.05, 3.63) is 97.1 Å². The molecule has 0 aliphatic carbocycles. The minimum absolute atomic E-state index is 0.629. The average molecular weight is 439 g/mol. The van der Waals surface area contributed by atoms with Gasteiger partial charge in [-0.05, 0) is 50.9 Å². The lowest BCUT2D eigenvalue weighted by molar-refractivity contribution is 0.417. The molecule has 1 unspecified atom stereocenters. The van der Waals surface area contributed by atoms with Crippen molar-refractivity contribution in [1.82, 2.24) is 0 Å². The number of rotatable bonds is 5. The van der Waals surface area contributed by atoms with E-state index in [2.05, 4.69) is 48.5 Å². The van der Waals surface area contributed by atoms with Gasteiger partial charge in [0.2, 0.25) is 0 Å². The Bertz CT molecular complexity index is 1460. The van der Waals surface area contributed by atoms with Crippen molar-refractivity contribution in [2.75, 3.05) is 14.2 Å². The zero-order valence-corrected chi connectivity index (χ0v) is 18.7. The van der Waals surface area contributed by atoms with E-state index in [4.69, 9.17) is 8.92 Å². The van der Waals surface area contributed by atoms with Crippen LogP contribution in [-0.4, -0.2) is 18.4 Å². The summed E-state index contributed by atoms with van der Waals surface area (Å²) in [7, 11) is 3.13. The number of fused-ring (bicyclic) bond motifs is 2. The van der Waals surface area contributed by atoms with E-state index < -0.39 is 11.1 Å². The molecule has 5 aromatic rings. The average Bonchev–Trinajstić information content (AvgIpc) is 2.87. The van der Waals surface area contributed by atoms with Gasteiger partial charge in [-0.2, -0.15) is 0 Å². The molecule has 0 saturated heterocycles. The van der Waals surface area contributed by atoms with Crippen LogP contribution in [0.3, 0.4) is 0 Å². The van der Waals surface area contributed by atoms with Crippen LogP contribution in [0.25, 0.3) is 43.8 Å². The topological polar surface area (TPSA) is 35.5 Å². The number of benzene rings is 5. The molecule has 5 aromatic carbocycles. The van der Waals surface area contributed by atoms with E-state index in [1.54, 1.807) is 7.11 Å². The molecule has 5 rings (SSSR count). The van der Waals surface area contributed by atoms with Crippen molar-refractivity contribution in [2.24, 2.45) is 0 Å². The first-order valence-corrected chi connectivity index (χ1v) is 11.4. The highest BCUT2D eigenvalue weighted by atomic mass is 32.2. The maximum Gasteiger partial charge on any atom is 0.189 e. The molecular weight excluding hydrogens is 416 g/mol. The van der Waals surface area contributed by atoms with Gasteiger partial charge in [0.25, 0.3) is 0 Å². The monoisotopic (exact) mass is 438 g/mol. The Hall–Kier alpha value is -3.47. The summed E-state index contributed by atoms with van der Waals surface area (Å²) in [6.07, 6.45) is 0. The Kier molecular flexibility index (Phi) is 5.48. The Morgan fingerprint density at radius 1 is 0.625 bits per heavy atom. The van der Waals surface area contributed by atoms with Crippen LogP contribution in [0, 0.1) is 0 Å². The first kappa shape index (κ1) is 20.4. The van der Waals surface area contributed by atoms with Crippen LogP contribution in [0.4, 0.5) is 0 Å². The van der Waals surface area contributed by atoms with Gasteiger partial charge in [0.05, 0.1) is 19.1 Å². The van der Waals surface area contributed by atoms with Crippen LogP contribution in [0.15, 0.2) is 102 Å². The quantitative estimate of drug-likeness (QED) is 0.296. The highest BCUT2D eigenvalue weighted by Crippen LogP contribution is 2.44. The van der Waals surface area contributed by atoms with Crippen LogP contribution >= 0.6 is 0 Å². The Balaban J connectivity index is 1.86. The largest absolute Gasteiger partial charge is 0.496 e. The second kappa shape index (κ2) is 8.58. The Morgan fingerprint density at radius 2 is 1.34 bits per heavy atom. The highest BCUT2D eigenvalue weighted by molar-refractivity contribution is 7.80. The highest BCUT2D eigenvalue weighted by Gasteiger charge is 2.21. The van der Waals surface area contributed by atoms with E-state index in [9.17, 15) is 4.21 Å². The number of hydrogen-bond acceptors (Lipinski definition) is 3. The maximum absolute atomic E-state index is 12.9. The standard InChI is InChI=1S/C28H22O3S/c1-30-25-16-13-22-18-21(19-8-4-3-5-9-19)12-15-24(22)27(25)28-23-11-7-6-10-20(23)14-17-26(28)32(29)31-2/h3-18H,1-2H3. The van der Waals surface area contributed by atoms with Gasteiger partial charge in [-0.1, -0.05) is 78.9 Å². The van der Waals surface area contributed by atoms with Gasteiger partial charge >= 0.3 is 0 Å². The van der Waals surface area contributed by atoms with Crippen molar-refractivity contribution in [3.8, 4) is 28.0 Å². The van der Waals surface area contributed by atoms with Gasteiger partial charge in [-0.3, -0.25) is 4.18 Å². The molecule has 0 aliphatic heterocycles. The van der Waals surface area contributed by atoms with E-state index in [1.807, 2.05) is 48.5 Å². The summed E-state index contributed by atoms with van der Waals surface area (Å²) in [5.41, 5.74) is 4.10. The summed E-state index contributed by atoms with van der Waals surface area (Å²) < 4.78 is 23.9. The molecule has 0 bridgehead atoms. The molecule has 0 radical (unpaired) electrons. The third kappa shape index (κ3) is 3.48. The van der Waals surface area contributed by atoms with E-state index in [1.165, 1.54) is 7.11 Å². The summed E-state index contributed by atoms with van der Waals surface area (Å²) in [6.45, 7) is 0. The van der Waals surface area contributed by atoms with Gasteiger partial charge in [0.1, 0.15) is 5.75 Å². The summed E-state index contributed by atoms with van der Waals surface area (Å²) in [5, 5.41) is 4.20. The van der Waals surface area contributed by atoms with E-state index in [-0.39, 0.29) is 0 Å². The zero-order chi connectivity index (χ0) is 22.1. The molecule has 0 heterocycles. The summed E-state index contributed by atoms with van der Waals surface area (Å²) >= 11 is -1.60. The maximum atomic E-state index is 12.9. The van der Waals surface area contributed by atoms with Crippen LogP contribution in [0.1, 0.15) is 0 Å². The fraction of sp³-hybridized carbons (Fsp3) is 0.0714. The third-order valence-electron chi connectivity index (χ3n) is 5.78. The minimum atomic E-state index is -1.60. The van der Waals surface area contributed by atoms with Gasteiger partial charge in [0, 0.05) is 11.1 Å². The first-order chi connectivity index (χ1) is 15.7. The molecule has 4 heteroatoms. The molecule has 158 valence electrons. The molecule has 0 aromatic heterocycles. The smallest absolute Gasteiger partial charge is 0.189 e. The van der Waals surface area contributed by atoms with Crippen molar-refractivity contribution in [2.45, 2.75) is 4.90 Å². The predicted octanol–water partition coefficient (Wildman–Crippen LogP) is 7.00. The number of methoxy groups -OCH3 is 1. The summed E-state index contributed by atoms with van der Waals surface area (Å²) in [5.74, 6) is 0.732. The van der Waals surface area contributed by atoms with Gasteiger partial charge in [-0.15, -0.1) is 0 Å². The summed E-state index contributed by atoms with van der Waals surface area (Å²) in [4.78, 5) is 0.629. The van der Waals surface area contributed by atoms with Crippen LogP contribution in [0.2, 0.25) is 0 Å². The predicted molar refractivity (Wildman–Crippen MR) is 132 cm³/mol. The van der Waals surface area contributed by atoms with Crippen LogP contribution < -0.4 is 4.74 Å². The molecule has 3 nitrogen and oxygen atoms in total. The molecule has 0 amide bonds.